The molecule has 2 fully saturated rings. The summed E-state index contributed by atoms with van der Waals surface area (Å²) in [5.41, 5.74) is 1.45. The third-order valence-corrected chi connectivity index (χ3v) is 10.3. The van der Waals surface area contributed by atoms with Crippen molar-refractivity contribution in [3.8, 4) is 0 Å². The van der Waals surface area contributed by atoms with Gasteiger partial charge >= 0.3 is 6.09 Å². The van der Waals surface area contributed by atoms with Crippen molar-refractivity contribution in [3.05, 3.63) is 42.2 Å². The number of rotatable bonds is 10. The molecule has 0 aliphatic carbocycles. The average molecular weight is 672 g/mol. The van der Waals surface area contributed by atoms with E-state index in [2.05, 4.69) is 51.5 Å². The van der Waals surface area contributed by atoms with Crippen molar-refractivity contribution in [3.63, 3.8) is 0 Å². The number of carbonyl (C=O) groups is 1. The van der Waals surface area contributed by atoms with E-state index in [1.807, 2.05) is 17.2 Å². The van der Waals surface area contributed by atoms with Crippen molar-refractivity contribution in [2.45, 2.75) is 70.1 Å². The molecule has 0 spiro atoms. The number of aromatic nitrogens is 3. The molecule has 2 aliphatic rings. The van der Waals surface area contributed by atoms with Crippen molar-refractivity contribution in [2.24, 2.45) is 5.92 Å². The molecule has 2 aromatic heterocycles. The normalized spacial score (nSPS) is 19.9. The van der Waals surface area contributed by atoms with E-state index in [1.54, 1.807) is 33.0 Å². The van der Waals surface area contributed by atoms with Crippen LogP contribution in [0.5, 0.6) is 0 Å². The monoisotopic (exact) mass is 671 g/mol. The van der Waals surface area contributed by atoms with Gasteiger partial charge in [0, 0.05) is 68.9 Å². The van der Waals surface area contributed by atoms with Gasteiger partial charge in [-0.15, -0.1) is 0 Å². The first-order chi connectivity index (χ1) is 22.1. The number of benzene rings is 1. The summed E-state index contributed by atoms with van der Waals surface area (Å²) in [6.45, 7) is 11.3. The molecule has 3 aromatic rings. The zero-order valence-electron chi connectivity index (χ0n) is 28.2. The maximum absolute atomic E-state index is 14.5. The molecule has 1 amide bonds. The minimum atomic E-state index is -3.44. The molecule has 3 atom stereocenters. The molecule has 256 valence electrons. The second-order valence-electron chi connectivity index (χ2n) is 13.8. The Bertz CT molecular complexity index is 1690. The van der Waals surface area contributed by atoms with E-state index in [1.165, 1.54) is 13.4 Å². The lowest BCUT2D eigenvalue weighted by molar-refractivity contribution is 0.0194. The number of alkyl halides is 1. The second-order valence-corrected chi connectivity index (χ2v) is 16.0. The number of pyridine rings is 1. The van der Waals surface area contributed by atoms with E-state index in [4.69, 9.17) is 14.5 Å². The number of ether oxygens (including phenoxy) is 2. The minimum absolute atomic E-state index is 0.0135. The molecule has 14 heteroatoms. The van der Waals surface area contributed by atoms with Crippen LogP contribution in [0.25, 0.3) is 10.8 Å². The molecule has 2 aliphatic heterocycles. The number of piperidine rings is 1. The summed E-state index contributed by atoms with van der Waals surface area (Å²) < 4.78 is 50.5. The SMILES string of the molecule is CO[C@@H]1CCN(c2nccc(Nc3cc4c(C(C)C)ccc(N5CC([C@H](CNC(=O)OC(C)(C)C)S(C)(=O)=O)C5)c4cn3)n2)C[C@@H]1F. The Kier molecular flexibility index (Phi) is 10.1. The molecule has 47 heavy (non-hydrogen) atoms. The maximum Gasteiger partial charge on any atom is 0.407 e. The van der Waals surface area contributed by atoms with Gasteiger partial charge in [0.25, 0.3) is 0 Å². The van der Waals surface area contributed by atoms with Crippen LogP contribution in [0.4, 0.5) is 32.5 Å². The van der Waals surface area contributed by atoms with Crippen LogP contribution in [0, 0.1) is 5.92 Å². The number of carbonyl (C=O) groups excluding carboxylic acids is 1. The minimum Gasteiger partial charge on any atom is -0.444 e. The number of sulfone groups is 1. The molecule has 0 radical (unpaired) electrons. The molecule has 2 saturated heterocycles. The van der Waals surface area contributed by atoms with Crippen molar-refractivity contribution >= 4 is 50.0 Å². The number of hydrogen-bond acceptors (Lipinski definition) is 11. The van der Waals surface area contributed by atoms with Crippen LogP contribution in [0.1, 0.15) is 52.5 Å². The first kappa shape index (κ1) is 34.6. The molecule has 2 N–H and O–H groups in total. The second kappa shape index (κ2) is 13.8. The number of alkyl carbamates (subject to hydrolysis) is 1. The van der Waals surface area contributed by atoms with E-state index in [9.17, 15) is 17.6 Å². The van der Waals surface area contributed by atoms with E-state index < -0.39 is 39.1 Å². The lowest BCUT2D eigenvalue weighted by Gasteiger charge is -2.44. The third kappa shape index (κ3) is 8.21. The van der Waals surface area contributed by atoms with Crippen LogP contribution in [0.2, 0.25) is 0 Å². The third-order valence-electron chi connectivity index (χ3n) is 8.67. The van der Waals surface area contributed by atoms with Crippen LogP contribution in [0.3, 0.4) is 0 Å². The van der Waals surface area contributed by atoms with Gasteiger partial charge in [-0.2, -0.15) is 4.98 Å². The fourth-order valence-corrected chi connectivity index (χ4v) is 7.49. The average Bonchev–Trinajstić information content (AvgIpc) is 2.96. The Labute approximate surface area is 276 Å². The van der Waals surface area contributed by atoms with Gasteiger partial charge in [0.1, 0.15) is 23.4 Å². The van der Waals surface area contributed by atoms with Crippen molar-refractivity contribution in [2.75, 3.05) is 61.2 Å². The number of nitrogens with zero attached hydrogens (tertiary/aromatic N) is 5. The number of anilines is 4. The number of nitrogens with one attached hydrogen (secondary N) is 2. The molecule has 0 saturated carbocycles. The van der Waals surface area contributed by atoms with Gasteiger partial charge in [-0.05, 0) is 62.3 Å². The van der Waals surface area contributed by atoms with Gasteiger partial charge in [-0.1, -0.05) is 19.9 Å². The van der Waals surface area contributed by atoms with E-state index in [0.717, 1.165) is 22.0 Å². The Balaban J connectivity index is 1.32. The molecular weight excluding hydrogens is 625 g/mol. The van der Waals surface area contributed by atoms with Gasteiger partial charge in [0.05, 0.1) is 17.9 Å². The van der Waals surface area contributed by atoms with Crippen molar-refractivity contribution < 1.29 is 27.1 Å². The molecular formula is C33H46FN7O5S. The lowest BCUT2D eigenvalue weighted by Crippen LogP contribution is -2.57. The summed E-state index contributed by atoms with van der Waals surface area (Å²) in [4.78, 5) is 29.9. The summed E-state index contributed by atoms with van der Waals surface area (Å²) in [6.07, 6.45) is 3.07. The van der Waals surface area contributed by atoms with Crippen LogP contribution in [-0.2, 0) is 19.3 Å². The highest BCUT2D eigenvalue weighted by Crippen LogP contribution is 2.38. The Morgan fingerprint density at radius 2 is 1.83 bits per heavy atom. The van der Waals surface area contributed by atoms with Crippen LogP contribution in [-0.4, -0.2) is 98.7 Å². The number of methoxy groups -OCH3 is 1. The van der Waals surface area contributed by atoms with Crippen molar-refractivity contribution in [1.29, 1.82) is 0 Å². The number of fused-ring (bicyclic) bond motifs is 1. The number of hydrogen-bond donors (Lipinski definition) is 2. The number of amides is 1. The summed E-state index contributed by atoms with van der Waals surface area (Å²) in [7, 11) is -1.91. The predicted molar refractivity (Wildman–Crippen MR) is 182 cm³/mol. The first-order valence-corrected chi connectivity index (χ1v) is 17.9. The van der Waals surface area contributed by atoms with Gasteiger partial charge in [0.2, 0.25) is 5.95 Å². The van der Waals surface area contributed by atoms with Gasteiger partial charge in [0.15, 0.2) is 9.84 Å². The fourth-order valence-electron chi connectivity index (χ4n) is 6.24. The van der Waals surface area contributed by atoms with Gasteiger partial charge in [-0.25, -0.2) is 27.6 Å². The van der Waals surface area contributed by atoms with Gasteiger partial charge in [-0.3, -0.25) is 0 Å². The summed E-state index contributed by atoms with van der Waals surface area (Å²) in [6, 6.07) is 7.93. The Hall–Kier alpha value is -3.78. The molecule has 0 unspecified atom stereocenters. The largest absolute Gasteiger partial charge is 0.444 e. The quantitative estimate of drug-likeness (QED) is 0.307. The van der Waals surface area contributed by atoms with Crippen molar-refractivity contribution in [1.82, 2.24) is 20.3 Å². The Morgan fingerprint density at radius 1 is 1.09 bits per heavy atom. The zero-order valence-corrected chi connectivity index (χ0v) is 29.0. The van der Waals surface area contributed by atoms with Gasteiger partial charge < -0.3 is 29.9 Å². The Morgan fingerprint density at radius 3 is 2.47 bits per heavy atom. The molecule has 12 nitrogen and oxygen atoms in total. The molecule has 5 rings (SSSR count). The van der Waals surface area contributed by atoms with E-state index in [-0.39, 0.29) is 24.9 Å². The molecule has 4 heterocycles. The highest BCUT2D eigenvalue weighted by molar-refractivity contribution is 7.91. The lowest BCUT2D eigenvalue weighted by atomic mass is 9.91. The molecule has 1 aromatic carbocycles. The predicted octanol–water partition coefficient (Wildman–Crippen LogP) is 4.83. The van der Waals surface area contributed by atoms with E-state index in [0.29, 0.717) is 43.6 Å². The highest BCUT2D eigenvalue weighted by atomic mass is 32.2. The fraction of sp³-hybridized carbons (Fsp3) is 0.576. The van der Waals surface area contributed by atoms with Crippen LogP contribution >= 0.6 is 0 Å². The van der Waals surface area contributed by atoms with E-state index >= 15 is 0 Å². The first-order valence-electron chi connectivity index (χ1n) is 16.0. The van der Waals surface area contributed by atoms with Crippen LogP contribution in [0.15, 0.2) is 36.7 Å². The zero-order chi connectivity index (χ0) is 34.1. The topological polar surface area (TPSA) is 139 Å². The smallest absolute Gasteiger partial charge is 0.407 e. The molecule has 0 bridgehead atoms. The van der Waals surface area contributed by atoms with Crippen LogP contribution < -0.4 is 20.4 Å². The maximum atomic E-state index is 14.5. The number of halogens is 1. The summed E-state index contributed by atoms with van der Waals surface area (Å²) in [5.74, 6) is 1.68. The highest BCUT2D eigenvalue weighted by Gasteiger charge is 2.40. The summed E-state index contributed by atoms with van der Waals surface area (Å²) >= 11 is 0. The standard InChI is InChI=1S/C33H46FN7O5S/c1-20(2)22-8-9-26(41-17-21(18-41)28(47(7,43)44)16-37-32(42)46-33(3,4)5)24-15-36-30(14-23(22)24)38-29-10-12-35-31(39-29)40-13-11-27(45-6)25(34)19-40/h8-10,12,14-15,20-21,25,27-28H,11,13,16-19H2,1-7H3,(H,37,42)(H,35,36,38,39)/t25-,27+,28-/m0/s1. The summed E-state index contributed by atoms with van der Waals surface area (Å²) in [5, 5.41) is 7.19.